The van der Waals surface area contributed by atoms with E-state index < -0.39 is 41.4 Å². The fraction of sp³-hybridized carbons (Fsp3) is 0.400. The summed E-state index contributed by atoms with van der Waals surface area (Å²) in [5.74, 6) is -1.56. The second kappa shape index (κ2) is 6.15. The maximum atomic E-state index is 13.3. The topological polar surface area (TPSA) is 46.2 Å². The molecule has 1 aromatic rings. The first-order valence-corrected chi connectivity index (χ1v) is 4.82. The fourth-order valence-corrected chi connectivity index (χ4v) is 1.48. The molecule has 0 saturated carbocycles. The summed E-state index contributed by atoms with van der Waals surface area (Å²) < 4.78 is 87.6. The molecule has 0 unspecified atom stereocenters. The van der Waals surface area contributed by atoms with E-state index in [1.54, 1.807) is 0 Å². The van der Waals surface area contributed by atoms with Gasteiger partial charge in [0.25, 0.3) is 0 Å². The number of hydrogen-bond acceptors (Lipinski definition) is 2. The average molecular weight is 328 g/mol. The normalized spacial score (nSPS) is 15.4. The molecule has 1 aromatic carbocycles. The van der Waals surface area contributed by atoms with Gasteiger partial charge in [-0.3, -0.25) is 0 Å². The summed E-state index contributed by atoms with van der Waals surface area (Å²) in [5, 5.41) is 8.84. The maximum Gasteiger partial charge on any atom is 0.416 e. The highest BCUT2D eigenvalue weighted by Crippen LogP contribution is 2.38. The van der Waals surface area contributed by atoms with Crippen LogP contribution in [0.5, 0.6) is 0 Å². The van der Waals surface area contributed by atoms with Gasteiger partial charge >= 0.3 is 12.4 Å². The monoisotopic (exact) mass is 327 g/mol. The van der Waals surface area contributed by atoms with Crippen LogP contribution in [0.25, 0.3) is 0 Å². The van der Waals surface area contributed by atoms with Crippen molar-refractivity contribution in [1.82, 2.24) is 0 Å². The lowest BCUT2D eigenvalue weighted by molar-refractivity contribution is -0.211. The minimum atomic E-state index is -5.26. The van der Waals surface area contributed by atoms with Gasteiger partial charge < -0.3 is 10.8 Å². The minimum Gasteiger partial charge on any atom is -0.382 e. The molecule has 0 bridgehead atoms. The molecule has 10 heteroatoms. The summed E-state index contributed by atoms with van der Waals surface area (Å²) in [5.41, 5.74) is 1.85. The Morgan fingerprint density at radius 3 is 1.95 bits per heavy atom. The van der Waals surface area contributed by atoms with Gasteiger partial charge in [-0.05, 0) is 12.1 Å². The van der Waals surface area contributed by atoms with E-state index in [4.69, 9.17) is 10.8 Å². The number of rotatable bonds is 2. The molecule has 3 N–H and O–H groups in total. The van der Waals surface area contributed by atoms with E-state index in [9.17, 15) is 30.7 Å². The van der Waals surface area contributed by atoms with Crippen LogP contribution in [0.4, 0.5) is 30.7 Å². The Labute approximate surface area is 114 Å². The fourth-order valence-electron chi connectivity index (χ4n) is 1.48. The number of aliphatic hydroxyl groups excluding tert-OH is 1. The van der Waals surface area contributed by atoms with Crippen LogP contribution in [0.2, 0.25) is 0 Å². The van der Waals surface area contributed by atoms with Crippen molar-refractivity contribution in [2.75, 3.05) is 0 Å². The molecular weight excluding hydrogens is 319 g/mol. The highest BCUT2D eigenvalue weighted by molar-refractivity contribution is 5.85. The number of alkyl halides is 6. The van der Waals surface area contributed by atoms with Crippen LogP contribution >= 0.6 is 12.4 Å². The van der Waals surface area contributed by atoms with E-state index in [1.807, 2.05) is 0 Å². The molecule has 0 aliphatic carbocycles. The van der Waals surface area contributed by atoms with E-state index in [2.05, 4.69) is 0 Å². The molecule has 0 fully saturated rings. The van der Waals surface area contributed by atoms with Gasteiger partial charge in [-0.25, -0.2) is 4.39 Å². The first-order valence-electron chi connectivity index (χ1n) is 4.82. The predicted octanol–water partition coefficient (Wildman–Crippen LogP) is 3.19. The van der Waals surface area contributed by atoms with Gasteiger partial charge in [0, 0.05) is 5.56 Å². The van der Waals surface area contributed by atoms with Crippen molar-refractivity contribution in [2.45, 2.75) is 24.5 Å². The zero-order chi connectivity index (χ0) is 15.0. The van der Waals surface area contributed by atoms with Crippen LogP contribution < -0.4 is 5.73 Å². The van der Waals surface area contributed by atoms with Gasteiger partial charge in [-0.2, -0.15) is 26.3 Å². The molecule has 1 rings (SSSR count). The average Bonchev–Trinajstić information content (AvgIpc) is 2.24. The number of halogens is 8. The van der Waals surface area contributed by atoms with Crippen molar-refractivity contribution in [3.05, 3.63) is 35.1 Å². The summed E-state index contributed by atoms with van der Waals surface area (Å²) in [6.07, 6.45) is -13.6. The molecule has 0 aliphatic rings. The van der Waals surface area contributed by atoms with Crippen molar-refractivity contribution in [3.8, 4) is 0 Å². The third-order valence-electron chi connectivity index (χ3n) is 2.37. The zero-order valence-corrected chi connectivity index (χ0v) is 10.3. The SMILES string of the molecule is Cl.N[C@H](c1c(F)cccc1C(F)(F)F)[C@@H](O)C(F)(F)F. The van der Waals surface area contributed by atoms with E-state index in [0.717, 1.165) is 0 Å². The molecule has 116 valence electrons. The van der Waals surface area contributed by atoms with E-state index >= 15 is 0 Å². The van der Waals surface area contributed by atoms with Gasteiger partial charge in [0.1, 0.15) is 5.82 Å². The smallest absolute Gasteiger partial charge is 0.382 e. The zero-order valence-electron chi connectivity index (χ0n) is 9.47. The minimum absolute atomic E-state index is 0. The molecule has 0 saturated heterocycles. The number of hydrogen-bond donors (Lipinski definition) is 2. The van der Waals surface area contributed by atoms with E-state index in [1.165, 1.54) is 0 Å². The molecule has 0 heterocycles. The van der Waals surface area contributed by atoms with E-state index in [0.29, 0.717) is 18.2 Å². The Kier molecular flexibility index (Phi) is 5.82. The molecule has 0 amide bonds. The predicted molar refractivity (Wildman–Crippen MR) is 57.6 cm³/mol. The summed E-state index contributed by atoms with van der Waals surface area (Å²) in [7, 11) is 0. The Morgan fingerprint density at radius 2 is 1.55 bits per heavy atom. The Morgan fingerprint density at radius 1 is 1.05 bits per heavy atom. The van der Waals surface area contributed by atoms with Gasteiger partial charge in [0.2, 0.25) is 0 Å². The Bertz CT molecular complexity index is 460. The molecule has 0 spiro atoms. The molecule has 0 radical (unpaired) electrons. The summed E-state index contributed by atoms with van der Waals surface area (Å²) in [4.78, 5) is 0. The van der Waals surface area contributed by atoms with Crippen LogP contribution in [0.15, 0.2) is 18.2 Å². The highest BCUT2D eigenvalue weighted by atomic mass is 35.5. The second-order valence-corrected chi connectivity index (χ2v) is 3.71. The van der Waals surface area contributed by atoms with Crippen LogP contribution in [-0.2, 0) is 6.18 Å². The largest absolute Gasteiger partial charge is 0.416 e. The number of aliphatic hydroxyl groups is 1. The van der Waals surface area contributed by atoms with Gasteiger partial charge in [-0.15, -0.1) is 12.4 Å². The lowest BCUT2D eigenvalue weighted by Gasteiger charge is -2.24. The Balaban J connectivity index is 0.00000361. The molecule has 0 aromatic heterocycles. The quantitative estimate of drug-likeness (QED) is 0.820. The van der Waals surface area contributed by atoms with Crippen LogP contribution in [0, 0.1) is 5.82 Å². The first-order chi connectivity index (χ1) is 8.46. The molecule has 0 aliphatic heterocycles. The molecule has 20 heavy (non-hydrogen) atoms. The second-order valence-electron chi connectivity index (χ2n) is 3.71. The number of nitrogens with two attached hydrogens (primary N) is 1. The van der Waals surface area contributed by atoms with Crippen molar-refractivity contribution in [3.63, 3.8) is 0 Å². The first kappa shape index (κ1) is 18.9. The van der Waals surface area contributed by atoms with Crippen molar-refractivity contribution >= 4 is 12.4 Å². The lowest BCUT2D eigenvalue weighted by Crippen LogP contribution is -2.40. The lowest BCUT2D eigenvalue weighted by atomic mass is 9.95. The van der Waals surface area contributed by atoms with Crippen molar-refractivity contribution < 1.29 is 35.8 Å². The summed E-state index contributed by atoms with van der Waals surface area (Å²) >= 11 is 0. The van der Waals surface area contributed by atoms with Crippen LogP contribution in [0.3, 0.4) is 0 Å². The standard InChI is InChI=1S/C10H8F7NO.ClH/c11-5-3-1-2-4(9(12,13)14)6(5)7(18)8(19)10(15,16)17;/h1-3,7-8,19H,18H2;1H/t7-,8-;/m1./s1. The van der Waals surface area contributed by atoms with Crippen molar-refractivity contribution in [2.24, 2.45) is 5.73 Å². The Hall–Kier alpha value is -1.06. The van der Waals surface area contributed by atoms with E-state index in [-0.39, 0.29) is 12.4 Å². The molecule has 2 nitrogen and oxygen atoms in total. The maximum absolute atomic E-state index is 13.3. The van der Waals surface area contributed by atoms with Gasteiger partial charge in [0.15, 0.2) is 6.10 Å². The van der Waals surface area contributed by atoms with Gasteiger partial charge in [-0.1, -0.05) is 6.07 Å². The summed E-state index contributed by atoms with van der Waals surface area (Å²) in [6, 6.07) is -0.957. The third kappa shape index (κ3) is 3.97. The molecule has 2 atom stereocenters. The van der Waals surface area contributed by atoms with Crippen LogP contribution in [0.1, 0.15) is 17.2 Å². The molecular formula is C10H9ClF7NO. The highest BCUT2D eigenvalue weighted by Gasteiger charge is 2.46. The van der Waals surface area contributed by atoms with Gasteiger partial charge in [0.05, 0.1) is 11.6 Å². The van der Waals surface area contributed by atoms with Crippen LogP contribution in [-0.4, -0.2) is 17.4 Å². The third-order valence-corrected chi connectivity index (χ3v) is 2.37. The van der Waals surface area contributed by atoms with Crippen molar-refractivity contribution in [1.29, 1.82) is 0 Å². The number of benzene rings is 1. The summed E-state index contributed by atoms with van der Waals surface area (Å²) in [6.45, 7) is 0.